The molecular formula is C9H3F6N. The van der Waals surface area contributed by atoms with Gasteiger partial charge < -0.3 is 0 Å². The molecule has 0 amide bonds. The van der Waals surface area contributed by atoms with Crippen LogP contribution in [0.5, 0.6) is 0 Å². The van der Waals surface area contributed by atoms with Crippen LogP contribution in [0.4, 0.5) is 26.3 Å². The molecule has 0 aliphatic rings. The van der Waals surface area contributed by atoms with Crippen LogP contribution < -0.4 is 0 Å². The Labute approximate surface area is 85.9 Å². The Hall–Kier alpha value is -1.71. The van der Waals surface area contributed by atoms with Gasteiger partial charge in [-0.25, -0.2) is 4.39 Å². The molecule has 1 nitrogen and oxygen atoms in total. The van der Waals surface area contributed by atoms with Crippen molar-refractivity contribution in [1.29, 1.82) is 5.26 Å². The lowest BCUT2D eigenvalue weighted by molar-refractivity contribution is -0.289. The lowest BCUT2D eigenvalue weighted by atomic mass is 10.1. The third-order valence-electron chi connectivity index (χ3n) is 1.81. The number of benzene rings is 1. The molecule has 0 aliphatic carbocycles. The van der Waals surface area contributed by atoms with E-state index in [0.717, 1.165) is 0 Å². The molecule has 86 valence electrons. The van der Waals surface area contributed by atoms with E-state index in [2.05, 4.69) is 0 Å². The Morgan fingerprint density at radius 3 is 2.00 bits per heavy atom. The first kappa shape index (κ1) is 12.4. The molecule has 0 spiro atoms. The summed E-state index contributed by atoms with van der Waals surface area (Å²) in [7, 11) is 0. The van der Waals surface area contributed by atoms with Gasteiger partial charge in [0.25, 0.3) is 0 Å². The second-order valence-corrected chi connectivity index (χ2v) is 2.88. The van der Waals surface area contributed by atoms with Crippen molar-refractivity contribution in [3.63, 3.8) is 0 Å². The highest BCUT2D eigenvalue weighted by Gasteiger charge is 2.58. The fourth-order valence-electron chi connectivity index (χ4n) is 0.965. The molecule has 0 unspecified atom stereocenters. The van der Waals surface area contributed by atoms with Crippen LogP contribution in [0, 0.1) is 17.1 Å². The lowest BCUT2D eigenvalue weighted by Crippen LogP contribution is -2.33. The molecule has 1 rings (SSSR count). The number of nitrogens with zero attached hydrogens (tertiary/aromatic N) is 1. The number of nitriles is 1. The Morgan fingerprint density at radius 2 is 1.62 bits per heavy atom. The summed E-state index contributed by atoms with van der Waals surface area (Å²) in [4.78, 5) is 0. The summed E-state index contributed by atoms with van der Waals surface area (Å²) in [5.41, 5.74) is -2.13. The van der Waals surface area contributed by atoms with E-state index >= 15 is 0 Å². The van der Waals surface area contributed by atoms with E-state index in [0.29, 0.717) is 12.1 Å². The van der Waals surface area contributed by atoms with Gasteiger partial charge in [0.1, 0.15) is 11.9 Å². The molecule has 0 heterocycles. The first-order valence-corrected chi connectivity index (χ1v) is 3.85. The number of alkyl halides is 5. The summed E-state index contributed by atoms with van der Waals surface area (Å²) >= 11 is 0. The van der Waals surface area contributed by atoms with Crippen molar-refractivity contribution < 1.29 is 26.3 Å². The quantitative estimate of drug-likeness (QED) is 0.689. The lowest BCUT2D eigenvalue weighted by Gasteiger charge is -2.19. The molecule has 16 heavy (non-hydrogen) atoms. The van der Waals surface area contributed by atoms with Gasteiger partial charge in [-0.15, -0.1) is 0 Å². The van der Waals surface area contributed by atoms with Gasteiger partial charge in [-0.05, 0) is 12.1 Å². The maximum absolute atomic E-state index is 12.8. The van der Waals surface area contributed by atoms with E-state index in [4.69, 9.17) is 5.26 Å². The van der Waals surface area contributed by atoms with Gasteiger partial charge in [-0.3, -0.25) is 0 Å². The molecule has 0 saturated heterocycles. The van der Waals surface area contributed by atoms with E-state index in [9.17, 15) is 26.3 Å². The average molecular weight is 239 g/mol. The van der Waals surface area contributed by atoms with Crippen LogP contribution in [0.1, 0.15) is 11.1 Å². The zero-order valence-electron chi connectivity index (χ0n) is 7.45. The first-order valence-electron chi connectivity index (χ1n) is 3.85. The third-order valence-corrected chi connectivity index (χ3v) is 1.81. The topological polar surface area (TPSA) is 23.8 Å². The van der Waals surface area contributed by atoms with Gasteiger partial charge in [0.15, 0.2) is 0 Å². The molecule has 0 N–H and O–H groups in total. The van der Waals surface area contributed by atoms with Crippen molar-refractivity contribution in [3.05, 3.63) is 35.1 Å². The summed E-state index contributed by atoms with van der Waals surface area (Å²) < 4.78 is 73.9. The highest BCUT2D eigenvalue weighted by atomic mass is 19.4. The molecule has 1 aromatic rings. The van der Waals surface area contributed by atoms with E-state index in [1.54, 1.807) is 0 Å². The molecular weight excluding hydrogens is 236 g/mol. The van der Waals surface area contributed by atoms with Crippen LogP contribution in [-0.4, -0.2) is 6.18 Å². The van der Waals surface area contributed by atoms with Crippen LogP contribution in [0.25, 0.3) is 0 Å². The average Bonchev–Trinajstić information content (AvgIpc) is 2.15. The van der Waals surface area contributed by atoms with Crippen molar-refractivity contribution in [2.75, 3.05) is 0 Å². The highest BCUT2D eigenvalue weighted by molar-refractivity contribution is 5.35. The summed E-state index contributed by atoms with van der Waals surface area (Å²) in [5, 5.41) is 8.27. The second-order valence-electron chi connectivity index (χ2n) is 2.88. The second kappa shape index (κ2) is 3.70. The minimum atomic E-state index is -5.80. The largest absolute Gasteiger partial charge is 0.458 e. The van der Waals surface area contributed by atoms with E-state index in [-0.39, 0.29) is 6.07 Å². The summed E-state index contributed by atoms with van der Waals surface area (Å²) in [6.45, 7) is 0. The summed E-state index contributed by atoms with van der Waals surface area (Å²) in [6, 6.07) is 2.26. The van der Waals surface area contributed by atoms with Gasteiger partial charge in [-0.1, -0.05) is 6.07 Å². The zero-order chi connectivity index (χ0) is 12.6. The molecule has 0 aliphatic heterocycles. The Bertz CT molecular complexity index is 442. The molecule has 0 aromatic heterocycles. The number of halogens is 6. The monoisotopic (exact) mass is 239 g/mol. The van der Waals surface area contributed by atoms with E-state index < -0.39 is 29.0 Å². The standard InChI is InChI=1S/C9H3F6N/c10-7-3-6(2-1-5(7)4-16)8(11,12)9(13,14)15/h1-3H. The number of hydrogen-bond donors (Lipinski definition) is 0. The normalized spacial score (nSPS) is 12.3. The molecule has 0 atom stereocenters. The molecule has 0 bridgehead atoms. The Kier molecular flexibility index (Phi) is 2.86. The van der Waals surface area contributed by atoms with Crippen molar-refractivity contribution in [3.8, 4) is 6.07 Å². The predicted octanol–water partition coefficient (Wildman–Crippen LogP) is 3.35. The first-order chi connectivity index (χ1) is 7.20. The van der Waals surface area contributed by atoms with Crippen LogP contribution in [0.15, 0.2) is 18.2 Å². The Balaban J connectivity index is 3.27. The highest BCUT2D eigenvalue weighted by Crippen LogP contribution is 2.43. The van der Waals surface area contributed by atoms with Gasteiger partial charge in [0, 0.05) is 5.56 Å². The molecule has 1 aromatic carbocycles. The Morgan fingerprint density at radius 1 is 1.06 bits per heavy atom. The van der Waals surface area contributed by atoms with Gasteiger partial charge in [-0.2, -0.15) is 27.2 Å². The van der Waals surface area contributed by atoms with Gasteiger partial charge in [0.05, 0.1) is 5.56 Å². The van der Waals surface area contributed by atoms with Crippen LogP contribution in [0.3, 0.4) is 0 Å². The number of rotatable bonds is 1. The maximum Gasteiger partial charge on any atom is 0.458 e. The zero-order valence-corrected chi connectivity index (χ0v) is 7.45. The fraction of sp³-hybridized carbons (Fsp3) is 0.222. The number of hydrogen-bond acceptors (Lipinski definition) is 1. The third kappa shape index (κ3) is 1.96. The minimum Gasteiger partial charge on any atom is -0.206 e. The van der Waals surface area contributed by atoms with Gasteiger partial charge >= 0.3 is 12.1 Å². The van der Waals surface area contributed by atoms with Crippen molar-refractivity contribution in [1.82, 2.24) is 0 Å². The van der Waals surface area contributed by atoms with E-state index in [1.807, 2.05) is 0 Å². The van der Waals surface area contributed by atoms with Gasteiger partial charge in [0.2, 0.25) is 0 Å². The fourth-order valence-corrected chi connectivity index (χ4v) is 0.965. The van der Waals surface area contributed by atoms with E-state index in [1.165, 1.54) is 6.07 Å². The molecule has 7 heteroatoms. The molecule has 0 saturated carbocycles. The SMILES string of the molecule is N#Cc1ccc(C(F)(F)C(F)(F)F)cc1F. The van der Waals surface area contributed by atoms with Crippen molar-refractivity contribution >= 4 is 0 Å². The smallest absolute Gasteiger partial charge is 0.206 e. The molecule has 0 fully saturated rings. The van der Waals surface area contributed by atoms with Crippen LogP contribution in [0.2, 0.25) is 0 Å². The van der Waals surface area contributed by atoms with Crippen LogP contribution >= 0.6 is 0 Å². The summed E-state index contributed by atoms with van der Waals surface area (Å²) in [6.07, 6.45) is -5.80. The molecule has 0 radical (unpaired) electrons. The predicted molar refractivity (Wildman–Crippen MR) is 41.1 cm³/mol. The minimum absolute atomic E-state index is 0.00600. The van der Waals surface area contributed by atoms with Crippen molar-refractivity contribution in [2.24, 2.45) is 0 Å². The summed E-state index contributed by atoms with van der Waals surface area (Å²) in [5.74, 6) is -6.55. The van der Waals surface area contributed by atoms with Crippen LogP contribution in [-0.2, 0) is 5.92 Å². The maximum atomic E-state index is 12.8. The van der Waals surface area contributed by atoms with Crippen molar-refractivity contribution in [2.45, 2.75) is 12.1 Å².